The number of hydrogen-bond donors (Lipinski definition) is 1. The lowest BCUT2D eigenvalue weighted by molar-refractivity contribution is -0.123. The number of ether oxygens (including phenoxy) is 3. The van der Waals surface area contributed by atoms with E-state index in [1.807, 2.05) is 18.2 Å². The van der Waals surface area contributed by atoms with E-state index in [4.69, 9.17) is 14.2 Å². The van der Waals surface area contributed by atoms with Crippen LogP contribution in [0.4, 0.5) is 0 Å². The molecule has 33 heavy (non-hydrogen) atoms. The molecule has 3 rings (SSSR count). The molecule has 7 nitrogen and oxygen atoms in total. The van der Waals surface area contributed by atoms with Crippen molar-refractivity contribution in [2.45, 2.75) is 6.42 Å². The fourth-order valence-electron chi connectivity index (χ4n) is 2.84. The Morgan fingerprint density at radius 1 is 1.00 bits per heavy atom. The summed E-state index contributed by atoms with van der Waals surface area (Å²) in [5.74, 6) is 0.559. The van der Waals surface area contributed by atoms with Crippen molar-refractivity contribution in [1.29, 1.82) is 0 Å². The van der Waals surface area contributed by atoms with Crippen molar-refractivity contribution < 1.29 is 23.8 Å². The molecular formula is C26H24N2O5. The highest BCUT2D eigenvalue weighted by atomic mass is 16.5. The second-order valence-corrected chi connectivity index (χ2v) is 6.88. The highest BCUT2D eigenvalue weighted by Gasteiger charge is 2.09. The van der Waals surface area contributed by atoms with Crippen LogP contribution in [0.25, 0.3) is 0 Å². The molecule has 0 unspecified atom stereocenters. The fourth-order valence-corrected chi connectivity index (χ4v) is 2.84. The number of nitrogens with one attached hydrogen (secondary N) is 1. The molecule has 0 heterocycles. The first kappa shape index (κ1) is 23.3. The van der Waals surface area contributed by atoms with Crippen molar-refractivity contribution in [3.8, 4) is 17.2 Å². The van der Waals surface area contributed by atoms with Crippen LogP contribution in [0.3, 0.4) is 0 Å². The Balaban J connectivity index is 1.47. The summed E-state index contributed by atoms with van der Waals surface area (Å²) in [5.41, 5.74) is 4.63. The third-order valence-electron chi connectivity index (χ3n) is 4.47. The van der Waals surface area contributed by atoms with Gasteiger partial charge < -0.3 is 14.2 Å². The lowest BCUT2D eigenvalue weighted by Crippen LogP contribution is -2.24. The molecule has 1 amide bonds. The van der Waals surface area contributed by atoms with Gasteiger partial charge in [-0.15, -0.1) is 6.58 Å². The Hall–Kier alpha value is -4.39. The van der Waals surface area contributed by atoms with Gasteiger partial charge in [-0.2, -0.15) is 5.10 Å². The Kier molecular flexibility index (Phi) is 8.36. The molecule has 3 aromatic carbocycles. The van der Waals surface area contributed by atoms with Gasteiger partial charge in [0.2, 0.25) is 0 Å². The first-order valence-electron chi connectivity index (χ1n) is 10.2. The lowest BCUT2D eigenvalue weighted by Gasteiger charge is -2.11. The van der Waals surface area contributed by atoms with Gasteiger partial charge in [0.25, 0.3) is 5.91 Å². The van der Waals surface area contributed by atoms with E-state index in [-0.39, 0.29) is 6.61 Å². The minimum absolute atomic E-state index is 0.219. The molecule has 0 aliphatic carbocycles. The number of benzene rings is 3. The summed E-state index contributed by atoms with van der Waals surface area (Å²) < 4.78 is 16.2. The molecule has 0 aliphatic heterocycles. The monoisotopic (exact) mass is 444 g/mol. The number of allylic oxidation sites excluding steroid dienone is 1. The summed E-state index contributed by atoms with van der Waals surface area (Å²) in [6.45, 7) is 3.49. The van der Waals surface area contributed by atoms with E-state index in [1.54, 1.807) is 60.7 Å². The third-order valence-corrected chi connectivity index (χ3v) is 4.47. The molecule has 0 bridgehead atoms. The van der Waals surface area contributed by atoms with E-state index in [9.17, 15) is 9.59 Å². The number of nitrogens with zero attached hydrogens (tertiary/aromatic N) is 1. The highest BCUT2D eigenvalue weighted by molar-refractivity contribution is 5.91. The second-order valence-electron chi connectivity index (χ2n) is 6.88. The van der Waals surface area contributed by atoms with Gasteiger partial charge in [-0.05, 0) is 66.1 Å². The first-order valence-corrected chi connectivity index (χ1v) is 10.2. The van der Waals surface area contributed by atoms with Crippen LogP contribution in [-0.2, 0) is 11.2 Å². The van der Waals surface area contributed by atoms with Gasteiger partial charge in [0.15, 0.2) is 18.1 Å². The summed E-state index contributed by atoms with van der Waals surface area (Å²) in [4.78, 5) is 24.1. The van der Waals surface area contributed by atoms with Gasteiger partial charge in [0.1, 0.15) is 5.75 Å². The van der Waals surface area contributed by atoms with Crippen LogP contribution in [0.15, 0.2) is 90.6 Å². The topological polar surface area (TPSA) is 86.2 Å². The first-order chi connectivity index (χ1) is 16.1. The summed E-state index contributed by atoms with van der Waals surface area (Å²) in [7, 11) is 1.54. The van der Waals surface area contributed by atoms with Gasteiger partial charge in [0, 0.05) is 0 Å². The molecule has 0 atom stereocenters. The van der Waals surface area contributed by atoms with Crippen LogP contribution in [0.2, 0.25) is 0 Å². The maximum atomic E-state index is 12.1. The number of carbonyl (C=O) groups excluding carboxylic acids is 2. The Morgan fingerprint density at radius 2 is 1.76 bits per heavy atom. The van der Waals surface area contributed by atoms with Gasteiger partial charge in [-0.25, -0.2) is 10.2 Å². The number of hydrazone groups is 1. The van der Waals surface area contributed by atoms with Crippen molar-refractivity contribution in [2.24, 2.45) is 5.10 Å². The summed E-state index contributed by atoms with van der Waals surface area (Å²) in [6.07, 6.45) is 3.99. The normalized spacial score (nSPS) is 10.5. The zero-order valence-corrected chi connectivity index (χ0v) is 18.2. The van der Waals surface area contributed by atoms with E-state index in [2.05, 4.69) is 17.1 Å². The maximum Gasteiger partial charge on any atom is 0.343 e. The molecule has 0 saturated carbocycles. The quantitative estimate of drug-likeness (QED) is 0.167. The number of rotatable bonds is 10. The van der Waals surface area contributed by atoms with Crippen molar-refractivity contribution in [3.05, 3.63) is 102 Å². The van der Waals surface area contributed by atoms with Crippen LogP contribution in [0.1, 0.15) is 21.5 Å². The largest absolute Gasteiger partial charge is 0.493 e. The van der Waals surface area contributed by atoms with Gasteiger partial charge in [-0.3, -0.25) is 4.79 Å². The van der Waals surface area contributed by atoms with E-state index < -0.39 is 11.9 Å². The molecule has 0 aliphatic rings. The fraction of sp³-hybridized carbons (Fsp3) is 0.115. The van der Waals surface area contributed by atoms with Crippen LogP contribution in [-0.4, -0.2) is 31.8 Å². The lowest BCUT2D eigenvalue weighted by atomic mass is 10.1. The Morgan fingerprint density at radius 3 is 2.45 bits per heavy atom. The molecular weight excluding hydrogens is 420 g/mol. The van der Waals surface area contributed by atoms with Crippen molar-refractivity contribution >= 4 is 18.1 Å². The third kappa shape index (κ3) is 7.07. The van der Waals surface area contributed by atoms with E-state index in [0.717, 1.165) is 11.1 Å². The number of carbonyl (C=O) groups is 2. The average molecular weight is 444 g/mol. The van der Waals surface area contributed by atoms with Crippen LogP contribution in [0.5, 0.6) is 17.2 Å². The number of amides is 1. The van der Waals surface area contributed by atoms with Gasteiger partial charge in [0.05, 0.1) is 18.9 Å². The maximum absolute atomic E-state index is 12.1. The molecule has 3 aromatic rings. The van der Waals surface area contributed by atoms with E-state index in [0.29, 0.717) is 29.2 Å². The van der Waals surface area contributed by atoms with Gasteiger partial charge >= 0.3 is 5.97 Å². The minimum atomic E-state index is -0.434. The van der Waals surface area contributed by atoms with Crippen molar-refractivity contribution in [1.82, 2.24) is 5.43 Å². The molecule has 0 spiro atoms. The molecule has 0 aromatic heterocycles. The van der Waals surface area contributed by atoms with E-state index >= 15 is 0 Å². The Labute approximate surface area is 192 Å². The summed E-state index contributed by atoms with van der Waals surface area (Å²) in [5, 5.41) is 3.92. The summed E-state index contributed by atoms with van der Waals surface area (Å²) in [6, 6.07) is 20.9. The second kappa shape index (κ2) is 11.9. The molecule has 0 radical (unpaired) electrons. The predicted octanol–water partition coefficient (Wildman–Crippen LogP) is 4.17. The standard InChI is InChI=1S/C26H24N2O5/c1-3-7-19-12-15-23(24(16-19)31-2)32-18-25(29)28-27-17-20-10-13-22(14-11-20)33-26(30)21-8-5-4-6-9-21/h3-6,8-17H,1,7,18H2,2H3,(H,28,29)/b27-17-. The van der Waals surface area contributed by atoms with Crippen LogP contribution in [0, 0.1) is 0 Å². The van der Waals surface area contributed by atoms with E-state index in [1.165, 1.54) is 13.3 Å². The minimum Gasteiger partial charge on any atom is -0.493 e. The molecule has 0 saturated heterocycles. The number of methoxy groups -OCH3 is 1. The van der Waals surface area contributed by atoms with Crippen LogP contribution < -0.4 is 19.6 Å². The number of hydrogen-bond acceptors (Lipinski definition) is 6. The SMILES string of the molecule is C=CCc1ccc(OCC(=O)N/N=C\c2ccc(OC(=O)c3ccccc3)cc2)c(OC)c1. The zero-order valence-electron chi connectivity index (χ0n) is 18.2. The smallest absolute Gasteiger partial charge is 0.343 e. The zero-order chi connectivity index (χ0) is 23.5. The summed E-state index contributed by atoms with van der Waals surface area (Å²) >= 11 is 0. The Bertz CT molecular complexity index is 1130. The molecule has 7 heteroatoms. The predicted molar refractivity (Wildman–Crippen MR) is 126 cm³/mol. The highest BCUT2D eigenvalue weighted by Crippen LogP contribution is 2.28. The molecule has 168 valence electrons. The van der Waals surface area contributed by atoms with Gasteiger partial charge in [-0.1, -0.05) is 30.3 Å². The molecule has 1 N–H and O–H groups in total. The van der Waals surface area contributed by atoms with Crippen LogP contribution >= 0.6 is 0 Å². The van der Waals surface area contributed by atoms with Crippen molar-refractivity contribution in [2.75, 3.05) is 13.7 Å². The molecule has 0 fully saturated rings. The number of esters is 1. The average Bonchev–Trinajstić information content (AvgIpc) is 2.85. The van der Waals surface area contributed by atoms with Crippen molar-refractivity contribution in [3.63, 3.8) is 0 Å².